The standard InChI is InChI=1S/C28H28ClFN6O/c29-24-18-21(8-9-25(24)30)32-27(37)19-35-14-16-36(17-15-35)28-23-6-2-1-5-22(23)26(33-34-28)7-3-4-20-10-12-31-13-11-20/h1-2,5-6,8-13,18H,3-4,7,14-17,19H2,(H,32,37). The highest BCUT2D eigenvalue weighted by Gasteiger charge is 2.22. The van der Waals surface area contributed by atoms with Crippen molar-refractivity contribution in [1.82, 2.24) is 20.1 Å². The minimum Gasteiger partial charge on any atom is -0.352 e. The molecule has 3 heterocycles. The highest BCUT2D eigenvalue weighted by molar-refractivity contribution is 6.31. The first-order chi connectivity index (χ1) is 18.1. The van der Waals surface area contributed by atoms with E-state index in [1.54, 1.807) is 0 Å². The number of pyridine rings is 1. The number of benzene rings is 2. The third kappa shape index (κ3) is 6.21. The van der Waals surface area contributed by atoms with E-state index in [-0.39, 0.29) is 17.5 Å². The number of aryl methyl sites for hydroxylation is 2. The smallest absolute Gasteiger partial charge is 0.238 e. The fraction of sp³-hybridized carbons (Fsp3) is 0.286. The Kier molecular flexibility index (Phi) is 7.87. The molecule has 0 radical (unpaired) electrons. The average Bonchev–Trinajstić information content (AvgIpc) is 2.92. The van der Waals surface area contributed by atoms with E-state index in [1.807, 2.05) is 24.5 Å². The molecule has 0 bridgehead atoms. The van der Waals surface area contributed by atoms with Crippen molar-refractivity contribution < 1.29 is 9.18 Å². The maximum Gasteiger partial charge on any atom is 0.238 e. The van der Waals surface area contributed by atoms with Crippen LogP contribution in [-0.2, 0) is 17.6 Å². The molecule has 1 N–H and O–H groups in total. The number of nitrogens with one attached hydrogen (secondary N) is 1. The van der Waals surface area contributed by atoms with Crippen LogP contribution in [0.15, 0.2) is 67.0 Å². The zero-order valence-corrected chi connectivity index (χ0v) is 21.2. The number of hydrogen-bond acceptors (Lipinski definition) is 6. The van der Waals surface area contributed by atoms with Crippen LogP contribution < -0.4 is 10.2 Å². The van der Waals surface area contributed by atoms with Crippen LogP contribution in [0.25, 0.3) is 10.8 Å². The molecule has 4 aromatic rings. The number of carbonyl (C=O) groups is 1. The summed E-state index contributed by atoms with van der Waals surface area (Å²) in [6.45, 7) is 3.19. The first kappa shape index (κ1) is 25.0. The number of carbonyl (C=O) groups excluding carboxylic acids is 1. The molecule has 9 heteroatoms. The van der Waals surface area contributed by atoms with Gasteiger partial charge in [0.2, 0.25) is 5.91 Å². The Morgan fingerprint density at radius 2 is 1.70 bits per heavy atom. The third-order valence-electron chi connectivity index (χ3n) is 6.62. The van der Waals surface area contributed by atoms with Crippen LogP contribution in [0.1, 0.15) is 17.7 Å². The maximum absolute atomic E-state index is 13.4. The Morgan fingerprint density at radius 1 is 0.946 bits per heavy atom. The Balaban J connectivity index is 1.19. The van der Waals surface area contributed by atoms with Gasteiger partial charge in [-0.3, -0.25) is 14.7 Å². The normalized spacial score (nSPS) is 14.2. The van der Waals surface area contributed by atoms with Crippen LogP contribution in [0.3, 0.4) is 0 Å². The lowest BCUT2D eigenvalue weighted by Gasteiger charge is -2.35. The number of amides is 1. The maximum atomic E-state index is 13.4. The molecule has 0 spiro atoms. The summed E-state index contributed by atoms with van der Waals surface area (Å²) in [5, 5.41) is 14.3. The van der Waals surface area contributed by atoms with Gasteiger partial charge in [0.1, 0.15) is 5.82 Å². The molecule has 0 atom stereocenters. The SMILES string of the molecule is O=C(CN1CCN(c2nnc(CCCc3ccncc3)c3ccccc23)CC1)Nc1ccc(F)c(Cl)c1. The molecule has 190 valence electrons. The van der Waals surface area contributed by atoms with Crippen LogP contribution in [0, 0.1) is 5.82 Å². The van der Waals surface area contributed by atoms with E-state index in [0.717, 1.165) is 67.7 Å². The first-order valence-corrected chi connectivity index (χ1v) is 12.8. The quantitative estimate of drug-likeness (QED) is 0.363. The second kappa shape index (κ2) is 11.6. The van der Waals surface area contributed by atoms with Gasteiger partial charge < -0.3 is 10.2 Å². The van der Waals surface area contributed by atoms with Gasteiger partial charge in [0.25, 0.3) is 0 Å². The summed E-state index contributed by atoms with van der Waals surface area (Å²) < 4.78 is 13.4. The second-order valence-electron chi connectivity index (χ2n) is 9.17. The topological polar surface area (TPSA) is 74.2 Å². The van der Waals surface area contributed by atoms with Gasteiger partial charge in [0, 0.05) is 55.0 Å². The van der Waals surface area contributed by atoms with Crippen molar-refractivity contribution in [3.8, 4) is 0 Å². The van der Waals surface area contributed by atoms with Gasteiger partial charge in [0.15, 0.2) is 5.82 Å². The summed E-state index contributed by atoms with van der Waals surface area (Å²) in [5.41, 5.74) is 2.78. The first-order valence-electron chi connectivity index (χ1n) is 12.4. The minimum absolute atomic E-state index is 0.0143. The molecule has 2 aromatic heterocycles. The molecule has 1 aliphatic rings. The van der Waals surface area contributed by atoms with E-state index in [2.05, 4.69) is 54.6 Å². The molecule has 5 rings (SSSR count). The van der Waals surface area contributed by atoms with Crippen LogP contribution in [-0.4, -0.2) is 58.7 Å². The average molecular weight is 519 g/mol. The van der Waals surface area contributed by atoms with Crippen molar-refractivity contribution in [2.24, 2.45) is 0 Å². The highest BCUT2D eigenvalue weighted by atomic mass is 35.5. The summed E-state index contributed by atoms with van der Waals surface area (Å²) >= 11 is 5.81. The summed E-state index contributed by atoms with van der Waals surface area (Å²) in [6.07, 6.45) is 6.48. The van der Waals surface area contributed by atoms with Crippen molar-refractivity contribution in [3.63, 3.8) is 0 Å². The number of hydrogen-bond donors (Lipinski definition) is 1. The van der Waals surface area contributed by atoms with E-state index < -0.39 is 5.82 Å². The summed E-state index contributed by atoms with van der Waals surface area (Å²) in [6, 6.07) is 16.6. The van der Waals surface area contributed by atoms with Crippen LogP contribution in [0.5, 0.6) is 0 Å². The summed E-state index contributed by atoms with van der Waals surface area (Å²) in [4.78, 5) is 20.9. The molecule has 2 aromatic carbocycles. The molecule has 0 saturated carbocycles. The molecule has 37 heavy (non-hydrogen) atoms. The molecule has 1 aliphatic heterocycles. The molecular formula is C28H28ClFN6O. The second-order valence-corrected chi connectivity index (χ2v) is 9.57. The zero-order valence-electron chi connectivity index (χ0n) is 20.4. The largest absolute Gasteiger partial charge is 0.352 e. The van der Waals surface area contributed by atoms with E-state index in [1.165, 1.54) is 23.8 Å². The monoisotopic (exact) mass is 518 g/mol. The van der Waals surface area contributed by atoms with Crippen molar-refractivity contribution in [2.75, 3.05) is 42.9 Å². The number of piperazine rings is 1. The van der Waals surface area contributed by atoms with Gasteiger partial charge in [-0.2, -0.15) is 5.10 Å². The predicted molar refractivity (Wildman–Crippen MR) is 144 cm³/mol. The van der Waals surface area contributed by atoms with Crippen LogP contribution in [0.4, 0.5) is 15.9 Å². The van der Waals surface area contributed by atoms with E-state index in [4.69, 9.17) is 11.6 Å². The van der Waals surface area contributed by atoms with E-state index in [9.17, 15) is 9.18 Å². The Bertz CT molecular complexity index is 1380. The van der Waals surface area contributed by atoms with Gasteiger partial charge in [-0.1, -0.05) is 35.9 Å². The molecule has 1 fully saturated rings. The fourth-order valence-corrected chi connectivity index (χ4v) is 4.85. The van der Waals surface area contributed by atoms with Crippen molar-refractivity contribution in [2.45, 2.75) is 19.3 Å². The number of aromatic nitrogens is 3. The lowest BCUT2D eigenvalue weighted by atomic mass is 10.0. The lowest BCUT2D eigenvalue weighted by Crippen LogP contribution is -2.49. The summed E-state index contributed by atoms with van der Waals surface area (Å²) in [7, 11) is 0. The van der Waals surface area contributed by atoms with Gasteiger partial charge >= 0.3 is 0 Å². The fourth-order valence-electron chi connectivity index (χ4n) is 4.67. The molecular weight excluding hydrogens is 491 g/mol. The number of nitrogens with zero attached hydrogens (tertiary/aromatic N) is 5. The Morgan fingerprint density at radius 3 is 2.46 bits per heavy atom. The van der Waals surface area contributed by atoms with Gasteiger partial charge in [0.05, 0.1) is 17.3 Å². The third-order valence-corrected chi connectivity index (χ3v) is 6.90. The predicted octanol–water partition coefficient (Wildman–Crippen LogP) is 4.75. The summed E-state index contributed by atoms with van der Waals surface area (Å²) in [5.74, 6) is 0.223. The number of anilines is 2. The van der Waals surface area contributed by atoms with Crippen LogP contribution in [0.2, 0.25) is 5.02 Å². The Hall–Kier alpha value is -3.62. The van der Waals surface area contributed by atoms with Crippen LogP contribution >= 0.6 is 11.6 Å². The van der Waals surface area contributed by atoms with E-state index in [0.29, 0.717) is 5.69 Å². The zero-order chi connectivity index (χ0) is 25.6. The minimum atomic E-state index is -0.510. The molecule has 7 nitrogen and oxygen atoms in total. The van der Waals surface area contributed by atoms with Gasteiger partial charge in [-0.15, -0.1) is 5.10 Å². The number of rotatable bonds is 8. The number of fused-ring (bicyclic) bond motifs is 1. The highest BCUT2D eigenvalue weighted by Crippen LogP contribution is 2.27. The molecule has 1 amide bonds. The van der Waals surface area contributed by atoms with E-state index >= 15 is 0 Å². The molecule has 0 aliphatic carbocycles. The van der Waals surface area contributed by atoms with Gasteiger partial charge in [-0.25, -0.2) is 4.39 Å². The van der Waals surface area contributed by atoms with Crippen molar-refractivity contribution in [3.05, 3.63) is 89.1 Å². The lowest BCUT2D eigenvalue weighted by molar-refractivity contribution is -0.117. The van der Waals surface area contributed by atoms with Crippen molar-refractivity contribution in [1.29, 1.82) is 0 Å². The number of halogens is 2. The Labute approximate surface area is 220 Å². The van der Waals surface area contributed by atoms with Gasteiger partial charge in [-0.05, 0) is 55.2 Å². The molecule has 1 saturated heterocycles. The molecule has 0 unspecified atom stereocenters. The van der Waals surface area contributed by atoms with Crippen molar-refractivity contribution >= 4 is 39.8 Å².